The summed E-state index contributed by atoms with van der Waals surface area (Å²) in [6, 6.07) is 17.6. The molecule has 2 aromatic carbocycles. The maximum absolute atomic E-state index is 12.0. The Morgan fingerprint density at radius 1 is 1.12 bits per heavy atom. The first-order valence-electron chi connectivity index (χ1n) is 10.6. The summed E-state index contributed by atoms with van der Waals surface area (Å²) in [5.74, 6) is 0.654. The third-order valence-electron chi connectivity index (χ3n) is 4.43. The number of hydrogen-bond acceptors (Lipinski definition) is 7. The minimum atomic E-state index is -0.485. The Labute approximate surface area is 188 Å². The second-order valence-electron chi connectivity index (χ2n) is 8.39. The van der Waals surface area contributed by atoms with E-state index in [2.05, 4.69) is 20.8 Å². The molecule has 0 aliphatic carbocycles. The quantitative estimate of drug-likeness (QED) is 0.508. The number of carbonyl (C=O) groups excluding carboxylic acids is 1. The Morgan fingerprint density at radius 3 is 2.66 bits per heavy atom. The molecular weight excluding hydrogens is 408 g/mol. The Morgan fingerprint density at radius 2 is 1.91 bits per heavy atom. The molecule has 1 N–H and O–H groups in total. The highest BCUT2D eigenvalue weighted by molar-refractivity contribution is 5.67. The molecule has 0 unspecified atom stereocenters. The third kappa shape index (κ3) is 7.05. The maximum atomic E-state index is 12.0. The Hall–Kier alpha value is -3.46. The summed E-state index contributed by atoms with van der Waals surface area (Å²) in [4.78, 5) is 13.6. The number of hydrogen-bond donors (Lipinski definition) is 1. The highest BCUT2D eigenvalue weighted by Crippen LogP contribution is 2.22. The first-order chi connectivity index (χ1) is 15.3. The summed E-state index contributed by atoms with van der Waals surface area (Å²) >= 11 is 0. The molecule has 0 aliphatic rings. The van der Waals surface area contributed by atoms with E-state index in [0.29, 0.717) is 24.8 Å². The molecule has 32 heavy (non-hydrogen) atoms. The van der Waals surface area contributed by atoms with Crippen molar-refractivity contribution in [3.63, 3.8) is 0 Å². The molecule has 1 amide bonds. The predicted octanol–water partition coefficient (Wildman–Crippen LogP) is 3.80. The molecule has 0 atom stereocenters. The summed E-state index contributed by atoms with van der Waals surface area (Å²) in [6.07, 6.45) is 0.512. The lowest BCUT2D eigenvalue weighted by atomic mass is 10.2. The number of nitrogens with zero attached hydrogens (tertiary/aromatic N) is 5. The van der Waals surface area contributed by atoms with Gasteiger partial charge in [-0.25, -0.2) is 4.79 Å². The van der Waals surface area contributed by atoms with Gasteiger partial charge >= 0.3 is 12.1 Å². The molecule has 0 aliphatic heterocycles. The lowest BCUT2D eigenvalue weighted by Gasteiger charge is -2.24. The van der Waals surface area contributed by atoms with Crippen LogP contribution in [0.2, 0.25) is 0 Å². The molecule has 0 radical (unpaired) electrons. The van der Waals surface area contributed by atoms with Crippen LogP contribution in [0, 0.1) is 0 Å². The van der Waals surface area contributed by atoms with Crippen molar-refractivity contribution in [2.75, 3.05) is 20.1 Å². The summed E-state index contributed by atoms with van der Waals surface area (Å²) < 4.78 is 12.8. The molecule has 0 fully saturated rings. The number of nitrogens with one attached hydrogen (secondary N) is 1. The number of aromatic nitrogens is 4. The fourth-order valence-electron chi connectivity index (χ4n) is 2.90. The molecule has 3 rings (SSSR count). The van der Waals surface area contributed by atoms with Crippen LogP contribution in [0.3, 0.4) is 0 Å². The van der Waals surface area contributed by atoms with Crippen molar-refractivity contribution in [2.24, 2.45) is 0 Å². The van der Waals surface area contributed by atoms with Gasteiger partial charge in [-0.3, -0.25) is 0 Å². The molecule has 1 aromatic heterocycles. The Balaban J connectivity index is 1.46. The first kappa shape index (κ1) is 23.2. The first-order valence-corrected chi connectivity index (χ1v) is 10.6. The molecular formula is C23H30N6O3. The van der Waals surface area contributed by atoms with Gasteiger partial charge in [-0.2, -0.15) is 4.68 Å². The highest BCUT2D eigenvalue weighted by Gasteiger charge is 2.19. The highest BCUT2D eigenvalue weighted by atomic mass is 16.6. The van der Waals surface area contributed by atoms with Gasteiger partial charge in [0, 0.05) is 20.1 Å². The van der Waals surface area contributed by atoms with Crippen LogP contribution >= 0.6 is 0 Å². The smallest absolute Gasteiger partial charge is 0.410 e. The van der Waals surface area contributed by atoms with Crippen molar-refractivity contribution < 1.29 is 14.3 Å². The summed E-state index contributed by atoms with van der Waals surface area (Å²) in [6.45, 7) is 7.65. The van der Waals surface area contributed by atoms with Crippen molar-refractivity contribution in [3.05, 3.63) is 60.2 Å². The van der Waals surface area contributed by atoms with Crippen molar-refractivity contribution >= 4 is 6.09 Å². The molecule has 0 saturated heterocycles. The zero-order chi connectivity index (χ0) is 23.0. The van der Waals surface area contributed by atoms with Gasteiger partial charge in [-0.1, -0.05) is 35.4 Å². The number of ether oxygens (including phenoxy) is 2. The van der Waals surface area contributed by atoms with Crippen molar-refractivity contribution in [1.82, 2.24) is 30.4 Å². The van der Waals surface area contributed by atoms with Crippen LogP contribution in [-0.4, -0.2) is 56.9 Å². The molecule has 0 saturated carbocycles. The second kappa shape index (κ2) is 10.7. The molecule has 0 spiro atoms. The summed E-state index contributed by atoms with van der Waals surface area (Å²) in [5, 5.41) is 15.1. The molecule has 1 heterocycles. The summed E-state index contributed by atoms with van der Waals surface area (Å²) in [7, 11) is 1.75. The average molecular weight is 439 g/mol. The standard InChI is InChI=1S/C23H30N6O3/c1-23(2,3)32-22(30)28(4)15-9-14-24-17-18-10-8-13-20(16-18)31-21-25-26-27-29(21)19-11-6-5-7-12-19/h5-8,10-13,16,24H,9,14-15,17H2,1-4H3. The van der Waals surface area contributed by atoms with E-state index in [1.54, 1.807) is 16.6 Å². The van der Waals surface area contributed by atoms with E-state index in [9.17, 15) is 4.79 Å². The van der Waals surface area contributed by atoms with Crippen molar-refractivity contribution in [2.45, 2.75) is 39.3 Å². The van der Waals surface area contributed by atoms with Crippen LogP contribution in [0.5, 0.6) is 11.8 Å². The fraction of sp³-hybridized carbons (Fsp3) is 0.391. The van der Waals surface area contributed by atoms with Gasteiger partial charge in [0.1, 0.15) is 11.4 Å². The van der Waals surface area contributed by atoms with Crippen LogP contribution < -0.4 is 10.1 Å². The minimum absolute atomic E-state index is 0.298. The van der Waals surface area contributed by atoms with E-state index in [1.807, 2.05) is 75.4 Å². The number of amides is 1. The number of para-hydroxylation sites is 1. The predicted molar refractivity (Wildman–Crippen MR) is 121 cm³/mol. The average Bonchev–Trinajstić information content (AvgIpc) is 3.21. The molecule has 3 aromatic rings. The molecule has 170 valence electrons. The van der Waals surface area contributed by atoms with E-state index in [0.717, 1.165) is 24.2 Å². The van der Waals surface area contributed by atoms with E-state index < -0.39 is 5.60 Å². The third-order valence-corrected chi connectivity index (χ3v) is 4.43. The monoisotopic (exact) mass is 438 g/mol. The molecule has 9 heteroatoms. The van der Waals surface area contributed by atoms with E-state index in [4.69, 9.17) is 9.47 Å². The SMILES string of the molecule is CN(CCCNCc1cccc(Oc2nnnn2-c2ccccc2)c1)C(=O)OC(C)(C)C. The normalized spacial score (nSPS) is 11.2. The minimum Gasteiger partial charge on any atom is -0.444 e. The van der Waals surface area contributed by atoms with Gasteiger partial charge in [0.15, 0.2) is 0 Å². The maximum Gasteiger partial charge on any atom is 0.410 e. The van der Waals surface area contributed by atoms with Gasteiger partial charge in [0.25, 0.3) is 0 Å². The zero-order valence-corrected chi connectivity index (χ0v) is 19.0. The fourth-order valence-corrected chi connectivity index (χ4v) is 2.90. The van der Waals surface area contributed by atoms with Gasteiger partial charge < -0.3 is 19.7 Å². The lowest BCUT2D eigenvalue weighted by Crippen LogP contribution is -2.35. The topological polar surface area (TPSA) is 94.4 Å². The van der Waals surface area contributed by atoms with E-state index >= 15 is 0 Å². The van der Waals surface area contributed by atoms with Gasteiger partial charge in [0.05, 0.1) is 5.69 Å². The number of rotatable bonds is 9. The van der Waals surface area contributed by atoms with Gasteiger partial charge in [-0.05, 0) is 74.0 Å². The zero-order valence-electron chi connectivity index (χ0n) is 19.0. The van der Waals surface area contributed by atoms with Gasteiger partial charge in [0.2, 0.25) is 0 Å². The van der Waals surface area contributed by atoms with Crippen LogP contribution in [0.1, 0.15) is 32.8 Å². The van der Waals surface area contributed by atoms with E-state index in [1.165, 1.54) is 0 Å². The molecule has 0 bridgehead atoms. The largest absolute Gasteiger partial charge is 0.444 e. The lowest BCUT2D eigenvalue weighted by molar-refractivity contribution is 0.0297. The molecule has 9 nitrogen and oxygen atoms in total. The van der Waals surface area contributed by atoms with Crippen LogP contribution in [0.4, 0.5) is 4.79 Å². The van der Waals surface area contributed by atoms with Gasteiger partial charge in [-0.15, -0.1) is 0 Å². The van der Waals surface area contributed by atoms with Crippen LogP contribution in [-0.2, 0) is 11.3 Å². The van der Waals surface area contributed by atoms with Crippen molar-refractivity contribution in [3.8, 4) is 17.4 Å². The van der Waals surface area contributed by atoms with Crippen LogP contribution in [0.25, 0.3) is 5.69 Å². The Kier molecular flexibility index (Phi) is 7.77. The van der Waals surface area contributed by atoms with Crippen molar-refractivity contribution in [1.29, 1.82) is 0 Å². The number of carbonyl (C=O) groups is 1. The van der Waals surface area contributed by atoms with Crippen LogP contribution in [0.15, 0.2) is 54.6 Å². The van der Waals surface area contributed by atoms with E-state index in [-0.39, 0.29) is 6.09 Å². The number of benzene rings is 2. The summed E-state index contributed by atoms with van der Waals surface area (Å²) in [5.41, 5.74) is 1.41. The Bertz CT molecular complexity index is 1000. The second-order valence-corrected chi connectivity index (χ2v) is 8.39. The number of tetrazole rings is 1.